The smallest absolute Gasteiger partial charge is 0.545 e. The fraction of sp³-hybridized carbons (Fsp3) is 0.0667. The molecule has 97 valence electrons. The number of aromatic carboxylic acids is 1. The van der Waals surface area contributed by atoms with E-state index >= 15 is 0 Å². The first-order valence-corrected chi connectivity index (χ1v) is 5.70. The van der Waals surface area contributed by atoms with Crippen molar-refractivity contribution in [1.82, 2.24) is 0 Å². The molecule has 4 nitrogen and oxygen atoms in total. The topological polar surface area (TPSA) is 66.4 Å². The normalized spacial score (nSPS) is 9.40. The van der Waals surface area contributed by atoms with Crippen molar-refractivity contribution in [1.29, 1.82) is 0 Å². The van der Waals surface area contributed by atoms with Gasteiger partial charge in [-0.2, -0.15) is 0 Å². The van der Waals surface area contributed by atoms with Crippen LogP contribution >= 0.6 is 0 Å². The standard InChI is InChI=1S/C15H12O4.Ca/c16-14(17)12-8-4-5-9-13(12)15(18)19-10-11-6-2-1-3-7-11;/h1-9H,10H2,(H,16,17);/q;+1/p-1. The van der Waals surface area contributed by atoms with E-state index in [1.807, 2.05) is 30.3 Å². The number of carboxylic acids is 1. The molecule has 0 amide bonds. The third-order valence-corrected chi connectivity index (χ3v) is 2.58. The van der Waals surface area contributed by atoms with Gasteiger partial charge in [-0.25, -0.2) is 4.79 Å². The number of carbonyl (C=O) groups is 2. The summed E-state index contributed by atoms with van der Waals surface area (Å²) < 4.78 is 5.07. The van der Waals surface area contributed by atoms with Gasteiger partial charge in [0.15, 0.2) is 0 Å². The summed E-state index contributed by atoms with van der Waals surface area (Å²) in [7, 11) is 0. The van der Waals surface area contributed by atoms with Crippen molar-refractivity contribution in [3.63, 3.8) is 0 Å². The van der Waals surface area contributed by atoms with Crippen LogP contribution in [0.1, 0.15) is 26.3 Å². The van der Waals surface area contributed by atoms with Crippen LogP contribution in [0.15, 0.2) is 54.6 Å². The molecule has 0 unspecified atom stereocenters. The Hall–Kier alpha value is -1.36. The van der Waals surface area contributed by atoms with Crippen LogP contribution in [0.25, 0.3) is 0 Å². The second-order valence-electron chi connectivity index (χ2n) is 3.89. The molecule has 0 heterocycles. The molecule has 1 radical (unpaired) electrons. The van der Waals surface area contributed by atoms with Crippen molar-refractivity contribution in [3.8, 4) is 0 Å². The molecule has 0 saturated carbocycles. The first-order chi connectivity index (χ1) is 9.18. The average molecular weight is 295 g/mol. The molecule has 0 aromatic heterocycles. The van der Waals surface area contributed by atoms with E-state index in [9.17, 15) is 14.7 Å². The van der Waals surface area contributed by atoms with Crippen LogP contribution < -0.4 is 5.11 Å². The molecule has 20 heavy (non-hydrogen) atoms. The SMILES string of the molecule is O=C([O-])c1ccccc1C(=O)OCc1ccccc1.[Ca+]. The van der Waals surface area contributed by atoms with Gasteiger partial charge in [-0.3, -0.25) is 0 Å². The number of ether oxygens (including phenoxy) is 1. The molecule has 0 N–H and O–H groups in total. The summed E-state index contributed by atoms with van der Waals surface area (Å²) in [5.74, 6) is -2.07. The van der Waals surface area contributed by atoms with Gasteiger partial charge < -0.3 is 14.6 Å². The number of carbonyl (C=O) groups excluding carboxylic acids is 2. The maximum atomic E-state index is 11.8. The van der Waals surface area contributed by atoms with Gasteiger partial charge in [-0.1, -0.05) is 48.5 Å². The molecule has 2 aromatic rings. The Morgan fingerprint density at radius 2 is 1.45 bits per heavy atom. The van der Waals surface area contributed by atoms with Gasteiger partial charge in [0.05, 0.1) is 11.5 Å². The number of benzene rings is 2. The van der Waals surface area contributed by atoms with Gasteiger partial charge in [-0.15, -0.1) is 0 Å². The van der Waals surface area contributed by atoms with E-state index in [0.29, 0.717) is 0 Å². The molecule has 0 aliphatic carbocycles. The molecule has 0 atom stereocenters. The van der Waals surface area contributed by atoms with Crippen LogP contribution in [0.3, 0.4) is 0 Å². The number of hydrogen-bond acceptors (Lipinski definition) is 4. The first-order valence-electron chi connectivity index (χ1n) is 5.70. The summed E-state index contributed by atoms with van der Waals surface area (Å²) in [4.78, 5) is 22.7. The summed E-state index contributed by atoms with van der Waals surface area (Å²) in [5.41, 5.74) is 0.667. The quantitative estimate of drug-likeness (QED) is 0.624. The van der Waals surface area contributed by atoms with E-state index in [4.69, 9.17) is 4.74 Å². The van der Waals surface area contributed by atoms with E-state index in [2.05, 4.69) is 0 Å². The van der Waals surface area contributed by atoms with Crippen LogP contribution in [0.4, 0.5) is 0 Å². The molecule has 2 aromatic carbocycles. The van der Waals surface area contributed by atoms with Crippen LogP contribution in [0.5, 0.6) is 0 Å². The van der Waals surface area contributed by atoms with E-state index in [1.165, 1.54) is 18.2 Å². The Kier molecular flexibility index (Phi) is 6.71. The second-order valence-corrected chi connectivity index (χ2v) is 3.89. The summed E-state index contributed by atoms with van der Waals surface area (Å²) >= 11 is 0. The summed E-state index contributed by atoms with van der Waals surface area (Å²) in [6.45, 7) is 0.0983. The van der Waals surface area contributed by atoms with E-state index in [-0.39, 0.29) is 55.5 Å². The van der Waals surface area contributed by atoms with Crippen LogP contribution in [-0.2, 0) is 11.3 Å². The molecule has 2 rings (SSSR count). The Bertz CT molecular complexity index is 596. The van der Waals surface area contributed by atoms with Crippen molar-refractivity contribution < 1.29 is 19.4 Å². The molecule has 0 fully saturated rings. The minimum atomic E-state index is -1.40. The molecule has 0 aliphatic heterocycles. The number of rotatable bonds is 4. The maximum Gasteiger partial charge on any atom is 1.00 e. The summed E-state index contributed by atoms with van der Waals surface area (Å²) in [6.07, 6.45) is 0. The van der Waals surface area contributed by atoms with Crippen molar-refractivity contribution >= 4 is 49.7 Å². The summed E-state index contributed by atoms with van der Waals surface area (Å²) in [5, 5.41) is 10.9. The van der Waals surface area contributed by atoms with Crippen molar-refractivity contribution in [2.45, 2.75) is 6.61 Å². The Morgan fingerprint density at radius 3 is 2.05 bits per heavy atom. The first kappa shape index (κ1) is 16.7. The molecule has 0 bridgehead atoms. The second kappa shape index (κ2) is 8.04. The van der Waals surface area contributed by atoms with Gasteiger partial charge in [0.2, 0.25) is 0 Å². The van der Waals surface area contributed by atoms with Gasteiger partial charge in [0, 0.05) is 5.56 Å². The predicted octanol–water partition coefficient (Wildman–Crippen LogP) is 1.03. The van der Waals surface area contributed by atoms with E-state index in [1.54, 1.807) is 6.07 Å². The Labute approximate surface area is 146 Å². The molecular weight excluding hydrogens is 284 g/mol. The zero-order valence-electron chi connectivity index (χ0n) is 10.7. The molecule has 0 aliphatic rings. The fourth-order valence-corrected chi connectivity index (χ4v) is 1.64. The minimum Gasteiger partial charge on any atom is -0.545 e. The van der Waals surface area contributed by atoms with Crippen molar-refractivity contribution in [3.05, 3.63) is 71.3 Å². The van der Waals surface area contributed by atoms with E-state index < -0.39 is 11.9 Å². The number of esters is 1. The number of carboxylic acid groups (broad SMARTS) is 1. The molecule has 0 spiro atoms. The largest absolute Gasteiger partial charge is 1.00 e. The third kappa shape index (κ3) is 4.34. The number of hydrogen-bond donors (Lipinski definition) is 0. The average Bonchev–Trinajstić information content (AvgIpc) is 2.46. The molecule has 5 heteroatoms. The zero-order chi connectivity index (χ0) is 13.7. The van der Waals surface area contributed by atoms with Crippen molar-refractivity contribution in [2.75, 3.05) is 0 Å². The zero-order valence-corrected chi connectivity index (χ0v) is 13.0. The third-order valence-electron chi connectivity index (χ3n) is 2.58. The maximum absolute atomic E-state index is 11.8. The van der Waals surface area contributed by atoms with Crippen molar-refractivity contribution in [2.24, 2.45) is 0 Å². The predicted molar refractivity (Wildman–Crippen MR) is 72.1 cm³/mol. The summed E-state index contributed by atoms with van der Waals surface area (Å²) in [6, 6.07) is 15.0. The van der Waals surface area contributed by atoms with Gasteiger partial charge in [-0.05, 0) is 11.6 Å². The van der Waals surface area contributed by atoms with Crippen LogP contribution in [0.2, 0.25) is 0 Å². The molecular formula is C15H11CaO4. The molecule has 0 saturated heterocycles. The van der Waals surface area contributed by atoms with Crippen LogP contribution in [-0.4, -0.2) is 49.7 Å². The van der Waals surface area contributed by atoms with Crippen LogP contribution in [0, 0.1) is 0 Å². The van der Waals surface area contributed by atoms with E-state index in [0.717, 1.165) is 5.56 Å². The Balaban J connectivity index is 0.00000200. The minimum absolute atomic E-state index is 0. The van der Waals surface area contributed by atoms with Gasteiger partial charge in [0.25, 0.3) is 0 Å². The van der Waals surface area contributed by atoms with Gasteiger partial charge in [0.1, 0.15) is 6.61 Å². The van der Waals surface area contributed by atoms with Gasteiger partial charge >= 0.3 is 43.7 Å². The Morgan fingerprint density at radius 1 is 0.900 bits per heavy atom. The monoisotopic (exact) mass is 295 g/mol. The fourth-order valence-electron chi connectivity index (χ4n) is 1.64.